The molecule has 18 heavy (non-hydrogen) atoms. The molecule has 4 nitrogen and oxygen atoms in total. The molecule has 2 heterocycles. The number of carbonyl (C=O) groups is 1. The highest BCUT2D eigenvalue weighted by Crippen LogP contribution is 2.26. The predicted molar refractivity (Wildman–Crippen MR) is 71.5 cm³/mol. The first-order chi connectivity index (χ1) is 8.46. The fraction of sp³-hybridized carbons (Fsp3) is 0.462. The molecule has 0 spiro atoms. The number of hydrogen-bond donors (Lipinski definition) is 2. The minimum Gasteiger partial charge on any atom is -0.478 e. The molecule has 1 aromatic heterocycles. The molecule has 2 rings (SSSR count). The third kappa shape index (κ3) is 3.41. The van der Waals surface area contributed by atoms with E-state index >= 15 is 0 Å². The van der Waals surface area contributed by atoms with Gasteiger partial charge in [0.15, 0.2) is 0 Å². The maximum Gasteiger partial charge on any atom is 0.328 e. The zero-order chi connectivity index (χ0) is 13.2. The highest BCUT2D eigenvalue weighted by atomic mass is 32.1. The predicted octanol–water partition coefficient (Wildman–Crippen LogP) is 1.80. The monoisotopic (exact) mass is 267 g/mol. The molecule has 1 aliphatic rings. The van der Waals surface area contributed by atoms with E-state index in [2.05, 4.69) is 4.90 Å². The van der Waals surface area contributed by atoms with Crippen molar-refractivity contribution in [1.29, 1.82) is 0 Å². The summed E-state index contributed by atoms with van der Waals surface area (Å²) in [5, 5.41) is 20.5. The van der Waals surface area contributed by atoms with Gasteiger partial charge in [0.2, 0.25) is 0 Å². The minimum absolute atomic E-state index is 0.589. The summed E-state index contributed by atoms with van der Waals surface area (Å²) in [6.07, 6.45) is 3.58. The molecule has 0 aromatic carbocycles. The maximum absolute atomic E-state index is 10.5. The third-order valence-corrected chi connectivity index (χ3v) is 4.00. The largest absolute Gasteiger partial charge is 0.478 e. The Bertz CT molecular complexity index is 465. The molecular weight excluding hydrogens is 250 g/mol. The van der Waals surface area contributed by atoms with E-state index in [1.54, 1.807) is 17.4 Å². The lowest BCUT2D eigenvalue weighted by Crippen LogP contribution is -2.29. The zero-order valence-electron chi connectivity index (χ0n) is 10.3. The van der Waals surface area contributed by atoms with Gasteiger partial charge in [-0.05, 0) is 36.4 Å². The average molecular weight is 267 g/mol. The van der Waals surface area contributed by atoms with Gasteiger partial charge in [-0.15, -0.1) is 11.3 Å². The zero-order valence-corrected chi connectivity index (χ0v) is 11.1. The molecule has 1 atom stereocenters. The first-order valence-electron chi connectivity index (χ1n) is 5.88. The normalized spacial score (nSPS) is 25.0. The van der Waals surface area contributed by atoms with Gasteiger partial charge in [0.05, 0.1) is 5.60 Å². The van der Waals surface area contributed by atoms with Crippen LogP contribution in [0.15, 0.2) is 17.5 Å². The Balaban J connectivity index is 2.02. The smallest absolute Gasteiger partial charge is 0.328 e. The number of β-amino-alcohol motifs (C(OH)–C–C–N with tert-alkyl or cyclic N) is 1. The van der Waals surface area contributed by atoms with E-state index in [9.17, 15) is 9.90 Å². The van der Waals surface area contributed by atoms with Gasteiger partial charge >= 0.3 is 5.97 Å². The van der Waals surface area contributed by atoms with E-state index in [1.807, 2.05) is 18.4 Å². The van der Waals surface area contributed by atoms with Crippen LogP contribution in [-0.4, -0.2) is 39.8 Å². The number of rotatable bonds is 4. The van der Waals surface area contributed by atoms with Crippen LogP contribution < -0.4 is 0 Å². The molecule has 1 aliphatic heterocycles. The van der Waals surface area contributed by atoms with Crippen LogP contribution in [0.5, 0.6) is 0 Å². The summed E-state index contributed by atoms with van der Waals surface area (Å²) in [6.45, 7) is 4.18. The van der Waals surface area contributed by atoms with Crippen LogP contribution in [0.4, 0.5) is 0 Å². The average Bonchev–Trinajstić information content (AvgIpc) is 2.83. The lowest BCUT2D eigenvalue weighted by molar-refractivity contribution is -0.131. The standard InChI is InChI=1S/C13H17NO3S/c1-13(17)5-6-14(9-13)8-11-10(4-7-18-11)2-3-12(15)16/h2-4,7,17H,5-6,8-9H2,1H3,(H,15,16)/b3-2+. The molecule has 1 aromatic rings. The molecule has 2 N–H and O–H groups in total. The van der Waals surface area contributed by atoms with Crippen molar-refractivity contribution in [3.63, 3.8) is 0 Å². The minimum atomic E-state index is -0.934. The number of carboxylic acids is 1. The van der Waals surface area contributed by atoms with Gasteiger partial charge in [0, 0.05) is 30.6 Å². The maximum atomic E-state index is 10.5. The van der Waals surface area contributed by atoms with Crippen molar-refractivity contribution in [2.24, 2.45) is 0 Å². The Morgan fingerprint density at radius 2 is 2.44 bits per heavy atom. The van der Waals surface area contributed by atoms with Gasteiger partial charge in [-0.2, -0.15) is 0 Å². The van der Waals surface area contributed by atoms with Crippen LogP contribution in [0.2, 0.25) is 0 Å². The van der Waals surface area contributed by atoms with Gasteiger partial charge in [0.1, 0.15) is 0 Å². The highest BCUT2D eigenvalue weighted by molar-refractivity contribution is 7.10. The van der Waals surface area contributed by atoms with E-state index in [0.29, 0.717) is 6.54 Å². The molecule has 98 valence electrons. The number of aliphatic carboxylic acids is 1. The molecule has 0 amide bonds. The molecule has 0 radical (unpaired) electrons. The van der Waals surface area contributed by atoms with Crippen LogP contribution in [0, 0.1) is 0 Å². The SMILES string of the molecule is CC1(O)CCN(Cc2sccc2/C=C/C(=O)O)C1. The summed E-state index contributed by atoms with van der Waals surface area (Å²) < 4.78 is 0. The summed E-state index contributed by atoms with van der Waals surface area (Å²) in [5.41, 5.74) is 0.364. The molecule has 1 saturated heterocycles. The van der Waals surface area contributed by atoms with Crippen LogP contribution in [0.25, 0.3) is 6.08 Å². The first kappa shape index (κ1) is 13.3. The van der Waals surface area contributed by atoms with Crippen LogP contribution in [0.1, 0.15) is 23.8 Å². The Hall–Kier alpha value is -1.17. The van der Waals surface area contributed by atoms with Crippen molar-refractivity contribution in [2.75, 3.05) is 13.1 Å². The van der Waals surface area contributed by atoms with Crippen molar-refractivity contribution < 1.29 is 15.0 Å². The van der Waals surface area contributed by atoms with Crippen molar-refractivity contribution in [1.82, 2.24) is 4.90 Å². The molecule has 1 unspecified atom stereocenters. The van der Waals surface area contributed by atoms with E-state index in [-0.39, 0.29) is 0 Å². The second-order valence-electron chi connectivity index (χ2n) is 4.93. The van der Waals surface area contributed by atoms with Gasteiger partial charge < -0.3 is 10.2 Å². The number of thiophene rings is 1. The van der Waals surface area contributed by atoms with Gasteiger partial charge in [0.25, 0.3) is 0 Å². The van der Waals surface area contributed by atoms with E-state index in [0.717, 1.165) is 36.0 Å². The van der Waals surface area contributed by atoms with Crippen molar-refractivity contribution >= 4 is 23.4 Å². The summed E-state index contributed by atoms with van der Waals surface area (Å²) in [4.78, 5) is 13.9. The lowest BCUT2D eigenvalue weighted by Gasteiger charge is -2.18. The van der Waals surface area contributed by atoms with Crippen LogP contribution in [0.3, 0.4) is 0 Å². The number of nitrogens with zero attached hydrogens (tertiary/aromatic N) is 1. The second kappa shape index (κ2) is 5.22. The second-order valence-corrected chi connectivity index (χ2v) is 5.93. The summed E-state index contributed by atoms with van der Waals surface area (Å²) in [6, 6.07) is 1.92. The number of hydrogen-bond acceptors (Lipinski definition) is 4. The summed E-state index contributed by atoms with van der Waals surface area (Å²) in [5.74, 6) is -0.934. The highest BCUT2D eigenvalue weighted by Gasteiger charge is 2.31. The number of likely N-dealkylation sites (tertiary alicyclic amines) is 1. The van der Waals surface area contributed by atoms with Gasteiger partial charge in [-0.3, -0.25) is 4.90 Å². The quantitative estimate of drug-likeness (QED) is 0.817. The molecule has 0 bridgehead atoms. The fourth-order valence-electron chi connectivity index (χ4n) is 2.17. The molecule has 5 heteroatoms. The lowest BCUT2D eigenvalue weighted by atomic mass is 10.1. The van der Waals surface area contributed by atoms with E-state index < -0.39 is 11.6 Å². The van der Waals surface area contributed by atoms with Crippen molar-refractivity contribution in [3.8, 4) is 0 Å². The Morgan fingerprint density at radius 3 is 3.06 bits per heavy atom. The fourth-order valence-corrected chi connectivity index (χ4v) is 3.07. The Morgan fingerprint density at radius 1 is 1.67 bits per heavy atom. The molecule has 0 saturated carbocycles. The van der Waals surface area contributed by atoms with E-state index in [4.69, 9.17) is 5.11 Å². The van der Waals surface area contributed by atoms with Gasteiger partial charge in [-0.1, -0.05) is 0 Å². The third-order valence-electron chi connectivity index (χ3n) is 3.08. The Kier molecular flexibility index (Phi) is 3.85. The van der Waals surface area contributed by atoms with Crippen LogP contribution >= 0.6 is 11.3 Å². The van der Waals surface area contributed by atoms with Crippen molar-refractivity contribution in [2.45, 2.75) is 25.5 Å². The topological polar surface area (TPSA) is 60.8 Å². The summed E-state index contributed by atoms with van der Waals surface area (Å²) >= 11 is 1.62. The van der Waals surface area contributed by atoms with Crippen molar-refractivity contribution in [3.05, 3.63) is 28.0 Å². The van der Waals surface area contributed by atoms with E-state index in [1.165, 1.54) is 0 Å². The molecule has 1 fully saturated rings. The number of aliphatic hydroxyl groups is 1. The van der Waals surface area contributed by atoms with Gasteiger partial charge in [-0.25, -0.2) is 4.79 Å². The first-order valence-corrected chi connectivity index (χ1v) is 6.76. The van der Waals surface area contributed by atoms with Crippen LogP contribution in [-0.2, 0) is 11.3 Å². The summed E-state index contributed by atoms with van der Waals surface area (Å²) in [7, 11) is 0. The molecule has 0 aliphatic carbocycles. The Labute approximate surface area is 110 Å². The number of carboxylic acid groups (broad SMARTS) is 1. The molecular formula is C13H17NO3S.